The standard InChI is InChI=1S/C22H24N4O6S/c1-13(2)21(22(28)31-3)26(33(29)30)16-5-7-19-18(10-16)17-6-4-15(11-20(17)32-19)25-12-14(8-9-27)23-24-25/h4-7,10-13,21,27H,8-9H2,1-3H3,(H,29,30). The Morgan fingerprint density at radius 1 is 1.21 bits per heavy atom. The largest absolute Gasteiger partial charge is 0.467 e. The number of aliphatic hydroxyl groups is 1. The number of carbonyl (C=O) groups excluding carboxylic acids is 1. The van der Waals surface area contributed by atoms with Crippen LogP contribution in [0.3, 0.4) is 0 Å². The van der Waals surface area contributed by atoms with E-state index >= 15 is 0 Å². The second-order valence-electron chi connectivity index (χ2n) is 7.86. The molecule has 11 heteroatoms. The van der Waals surface area contributed by atoms with Gasteiger partial charge in [-0.25, -0.2) is 13.7 Å². The summed E-state index contributed by atoms with van der Waals surface area (Å²) in [5, 5.41) is 18.7. The number of furan rings is 1. The number of anilines is 1. The number of hydrogen-bond acceptors (Lipinski definition) is 7. The van der Waals surface area contributed by atoms with Crippen molar-refractivity contribution in [2.75, 3.05) is 18.0 Å². The van der Waals surface area contributed by atoms with Gasteiger partial charge in [0.15, 0.2) is 0 Å². The maximum atomic E-state index is 12.4. The highest BCUT2D eigenvalue weighted by atomic mass is 32.2. The van der Waals surface area contributed by atoms with Crippen LogP contribution in [0.2, 0.25) is 0 Å². The lowest BCUT2D eigenvalue weighted by Gasteiger charge is -2.30. The maximum Gasteiger partial charge on any atom is 0.329 e. The SMILES string of the molecule is COC(=O)C(C(C)C)N(c1ccc2oc3cc(-n4cc(CCO)nn4)ccc3c2c1)S(=O)O. The number of methoxy groups -OCH3 is 1. The highest BCUT2D eigenvalue weighted by Gasteiger charge is 2.34. The Balaban J connectivity index is 1.78. The van der Waals surface area contributed by atoms with Crippen molar-refractivity contribution in [1.82, 2.24) is 15.0 Å². The van der Waals surface area contributed by atoms with Gasteiger partial charge in [-0.05, 0) is 36.2 Å². The normalized spacial score (nSPS) is 13.5. The van der Waals surface area contributed by atoms with Gasteiger partial charge in [0.25, 0.3) is 11.3 Å². The van der Waals surface area contributed by atoms with Crippen molar-refractivity contribution in [3.8, 4) is 5.69 Å². The molecule has 0 spiro atoms. The Morgan fingerprint density at radius 2 is 2.00 bits per heavy atom. The van der Waals surface area contributed by atoms with E-state index in [0.717, 1.165) is 20.8 Å². The van der Waals surface area contributed by atoms with Crippen LogP contribution in [0.25, 0.3) is 27.6 Å². The van der Waals surface area contributed by atoms with Crippen LogP contribution >= 0.6 is 0 Å². The number of carbonyl (C=O) groups is 1. The first-order chi connectivity index (χ1) is 15.8. The summed E-state index contributed by atoms with van der Waals surface area (Å²) in [4.78, 5) is 12.4. The van der Waals surface area contributed by atoms with E-state index in [-0.39, 0.29) is 12.5 Å². The van der Waals surface area contributed by atoms with Crippen LogP contribution < -0.4 is 4.31 Å². The van der Waals surface area contributed by atoms with Gasteiger partial charge in [-0.1, -0.05) is 19.1 Å². The molecule has 0 bridgehead atoms. The van der Waals surface area contributed by atoms with Crippen LogP contribution in [-0.4, -0.2) is 54.6 Å². The van der Waals surface area contributed by atoms with Gasteiger partial charge in [0.2, 0.25) is 0 Å². The molecule has 2 aromatic carbocycles. The molecule has 4 aromatic rings. The Morgan fingerprint density at radius 3 is 2.67 bits per heavy atom. The fourth-order valence-electron chi connectivity index (χ4n) is 3.79. The molecule has 33 heavy (non-hydrogen) atoms. The van der Waals surface area contributed by atoms with Gasteiger partial charge in [0.1, 0.15) is 17.2 Å². The number of nitrogens with zero attached hydrogens (tertiary/aromatic N) is 4. The summed E-state index contributed by atoms with van der Waals surface area (Å²) in [6.45, 7) is 3.56. The first-order valence-corrected chi connectivity index (χ1v) is 11.4. The number of esters is 1. The number of aliphatic hydroxyl groups excluding tert-OH is 1. The van der Waals surface area contributed by atoms with E-state index in [9.17, 15) is 13.6 Å². The zero-order valence-corrected chi connectivity index (χ0v) is 19.2. The van der Waals surface area contributed by atoms with Crippen molar-refractivity contribution in [3.63, 3.8) is 0 Å². The molecule has 0 amide bonds. The maximum absolute atomic E-state index is 12.4. The summed E-state index contributed by atoms with van der Waals surface area (Å²) in [6.07, 6.45) is 2.16. The van der Waals surface area contributed by atoms with Crippen molar-refractivity contribution in [2.45, 2.75) is 26.3 Å². The van der Waals surface area contributed by atoms with Gasteiger partial charge in [-0.15, -0.1) is 5.10 Å². The third-order valence-corrected chi connectivity index (χ3v) is 6.14. The fraction of sp³-hybridized carbons (Fsp3) is 0.318. The Bertz CT molecular complexity index is 1330. The van der Waals surface area contributed by atoms with Crippen LogP contribution in [0.15, 0.2) is 47.0 Å². The Hall–Kier alpha value is -3.28. The highest BCUT2D eigenvalue weighted by Crippen LogP contribution is 2.34. The predicted octanol–water partition coefficient (Wildman–Crippen LogP) is 2.84. The van der Waals surface area contributed by atoms with E-state index in [1.807, 2.05) is 18.2 Å². The number of aromatic nitrogens is 3. The lowest BCUT2D eigenvalue weighted by Crippen LogP contribution is -2.46. The second-order valence-corrected chi connectivity index (χ2v) is 8.71. The fourth-order valence-corrected chi connectivity index (χ4v) is 4.61. The van der Waals surface area contributed by atoms with Crippen LogP contribution in [0.4, 0.5) is 5.69 Å². The van der Waals surface area contributed by atoms with Crippen molar-refractivity contribution in [2.24, 2.45) is 5.92 Å². The zero-order valence-electron chi connectivity index (χ0n) is 18.3. The van der Waals surface area contributed by atoms with Gasteiger partial charge in [-0.2, -0.15) is 0 Å². The number of ether oxygens (including phenoxy) is 1. The van der Waals surface area contributed by atoms with Gasteiger partial charge < -0.3 is 14.3 Å². The van der Waals surface area contributed by atoms with Crippen molar-refractivity contribution in [1.29, 1.82) is 0 Å². The minimum atomic E-state index is -2.45. The molecule has 0 aliphatic heterocycles. The number of benzene rings is 2. The molecule has 0 aliphatic rings. The molecule has 0 radical (unpaired) electrons. The summed E-state index contributed by atoms with van der Waals surface area (Å²) in [5.41, 5.74) is 3.00. The molecule has 4 rings (SSSR count). The Kier molecular flexibility index (Phi) is 6.45. The third kappa shape index (κ3) is 4.34. The minimum absolute atomic E-state index is 0.00702. The molecule has 0 saturated carbocycles. The zero-order chi connectivity index (χ0) is 23.7. The molecule has 2 atom stereocenters. The summed E-state index contributed by atoms with van der Waals surface area (Å²) >= 11 is -2.45. The van der Waals surface area contributed by atoms with Crippen molar-refractivity contribution in [3.05, 3.63) is 48.3 Å². The lowest BCUT2D eigenvalue weighted by molar-refractivity contribution is -0.142. The monoisotopic (exact) mass is 472 g/mol. The lowest BCUT2D eigenvalue weighted by atomic mass is 10.0. The van der Waals surface area contributed by atoms with Crippen LogP contribution in [0.5, 0.6) is 0 Å². The first kappa shape index (κ1) is 22.9. The molecule has 2 N–H and O–H groups in total. The van der Waals surface area contributed by atoms with Gasteiger partial charge in [0, 0.05) is 29.9 Å². The molecular formula is C22H24N4O6S. The van der Waals surface area contributed by atoms with E-state index < -0.39 is 23.3 Å². The van der Waals surface area contributed by atoms with Gasteiger partial charge in [-0.3, -0.25) is 8.86 Å². The third-order valence-electron chi connectivity index (χ3n) is 5.36. The minimum Gasteiger partial charge on any atom is -0.467 e. The van der Waals surface area contributed by atoms with Gasteiger partial charge >= 0.3 is 5.97 Å². The summed E-state index contributed by atoms with van der Waals surface area (Å²) in [5.74, 6) is -0.867. The highest BCUT2D eigenvalue weighted by molar-refractivity contribution is 7.80. The smallest absolute Gasteiger partial charge is 0.329 e. The molecule has 2 aromatic heterocycles. The molecule has 0 fully saturated rings. The summed E-state index contributed by atoms with van der Waals surface area (Å²) in [6, 6.07) is 9.66. The van der Waals surface area contributed by atoms with E-state index in [0.29, 0.717) is 29.0 Å². The van der Waals surface area contributed by atoms with E-state index in [1.165, 1.54) is 7.11 Å². The molecule has 10 nitrogen and oxygen atoms in total. The predicted molar refractivity (Wildman–Crippen MR) is 123 cm³/mol. The van der Waals surface area contributed by atoms with Crippen molar-refractivity contribution >= 4 is 44.9 Å². The van der Waals surface area contributed by atoms with Gasteiger partial charge in [0.05, 0.1) is 30.4 Å². The van der Waals surface area contributed by atoms with Crippen LogP contribution in [0, 0.1) is 5.92 Å². The molecule has 2 unspecified atom stereocenters. The average Bonchev–Trinajstić information content (AvgIpc) is 3.40. The topological polar surface area (TPSA) is 131 Å². The molecule has 174 valence electrons. The first-order valence-electron chi connectivity index (χ1n) is 10.3. The summed E-state index contributed by atoms with van der Waals surface area (Å²) in [7, 11) is 1.25. The molecule has 0 aliphatic carbocycles. The van der Waals surface area contributed by atoms with E-state index in [4.69, 9.17) is 14.3 Å². The van der Waals surface area contributed by atoms with Crippen LogP contribution in [-0.2, 0) is 27.2 Å². The number of hydrogen-bond donors (Lipinski definition) is 2. The number of fused-ring (bicyclic) bond motifs is 3. The Labute approximate surface area is 192 Å². The summed E-state index contributed by atoms with van der Waals surface area (Å²) < 4.78 is 35.8. The second kappa shape index (κ2) is 9.30. The molecule has 2 heterocycles. The van der Waals surface area contributed by atoms with Crippen LogP contribution in [0.1, 0.15) is 19.5 Å². The average molecular weight is 473 g/mol. The van der Waals surface area contributed by atoms with E-state index in [2.05, 4.69) is 10.3 Å². The quantitative estimate of drug-likeness (QED) is 0.296. The van der Waals surface area contributed by atoms with Crippen molar-refractivity contribution < 1.29 is 27.8 Å². The molecular weight excluding hydrogens is 448 g/mol. The van der Waals surface area contributed by atoms with E-state index in [1.54, 1.807) is 42.9 Å². The molecule has 0 saturated heterocycles. The number of rotatable bonds is 8.